The first-order valence-corrected chi connectivity index (χ1v) is 15.6. The fourth-order valence-electron chi connectivity index (χ4n) is 4.83. The highest BCUT2D eigenvalue weighted by Crippen LogP contribution is 2.40. The first-order valence-electron chi connectivity index (χ1n) is 13.8. The molecule has 0 saturated heterocycles. The van der Waals surface area contributed by atoms with E-state index in [1.807, 2.05) is 81.4 Å². The maximum absolute atomic E-state index is 14.0. The number of rotatable bonds is 10. The van der Waals surface area contributed by atoms with Crippen LogP contribution in [0.1, 0.15) is 48.6 Å². The summed E-state index contributed by atoms with van der Waals surface area (Å²) < 4.78 is 14.7. The topological polar surface area (TPSA) is 90.3 Å². The summed E-state index contributed by atoms with van der Waals surface area (Å²) in [4.78, 5) is 18.7. The molecule has 3 aromatic carbocycles. The second kappa shape index (κ2) is 13.0. The van der Waals surface area contributed by atoms with Gasteiger partial charge in [0.15, 0.2) is 11.5 Å². The van der Waals surface area contributed by atoms with Crippen molar-refractivity contribution < 1.29 is 14.3 Å². The third-order valence-corrected chi connectivity index (χ3v) is 8.69. The lowest BCUT2D eigenvalue weighted by molar-refractivity contribution is -0.113. The maximum atomic E-state index is 14.0. The van der Waals surface area contributed by atoms with Gasteiger partial charge in [0, 0.05) is 21.6 Å². The Bertz CT molecular complexity index is 1650. The lowest BCUT2D eigenvalue weighted by atomic mass is 9.94. The predicted molar refractivity (Wildman–Crippen MR) is 172 cm³/mol. The number of aromatic nitrogens is 3. The number of hydrogen-bond acceptors (Lipinski definition) is 7. The molecule has 1 atom stereocenters. The van der Waals surface area contributed by atoms with Crippen LogP contribution >= 0.6 is 27.7 Å². The van der Waals surface area contributed by atoms with Gasteiger partial charge in [-0.05, 0) is 79.8 Å². The second-order valence-corrected chi connectivity index (χ2v) is 12.1. The summed E-state index contributed by atoms with van der Waals surface area (Å²) in [7, 11) is 1.61. The minimum Gasteiger partial charge on any atom is -0.493 e. The number of aryl methyl sites for hydroxylation is 1. The lowest BCUT2D eigenvalue weighted by Crippen LogP contribution is -2.31. The van der Waals surface area contributed by atoms with E-state index in [1.54, 1.807) is 23.6 Å². The van der Waals surface area contributed by atoms with Gasteiger partial charge in [-0.3, -0.25) is 4.79 Å². The van der Waals surface area contributed by atoms with E-state index in [1.165, 1.54) is 0 Å². The zero-order valence-corrected chi connectivity index (χ0v) is 26.7. The summed E-state index contributed by atoms with van der Waals surface area (Å²) >= 11 is 5.11. The minimum atomic E-state index is -0.539. The molecule has 1 aromatic heterocycles. The van der Waals surface area contributed by atoms with E-state index in [2.05, 4.69) is 33.5 Å². The van der Waals surface area contributed by atoms with Gasteiger partial charge in [-0.2, -0.15) is 4.98 Å². The fraction of sp³-hybridized carbons (Fsp3) is 0.281. The number of halogens is 1. The fourth-order valence-corrected chi connectivity index (χ4v) is 5.96. The molecule has 5 rings (SSSR count). The smallest absolute Gasteiger partial charge is 0.255 e. The van der Waals surface area contributed by atoms with Crippen molar-refractivity contribution in [3.05, 3.63) is 98.7 Å². The van der Waals surface area contributed by atoms with E-state index >= 15 is 0 Å². The second-order valence-electron chi connectivity index (χ2n) is 10.1. The average molecular weight is 649 g/mol. The van der Waals surface area contributed by atoms with E-state index in [0.29, 0.717) is 40.5 Å². The number of anilines is 2. The molecule has 0 spiro atoms. The Balaban J connectivity index is 1.52. The van der Waals surface area contributed by atoms with E-state index in [9.17, 15) is 4.79 Å². The molecule has 0 saturated carbocycles. The number of methoxy groups -OCH3 is 1. The number of amides is 1. The summed E-state index contributed by atoms with van der Waals surface area (Å²) in [6.07, 6.45) is 1.00. The quantitative estimate of drug-likeness (QED) is 0.171. The van der Waals surface area contributed by atoms with Crippen molar-refractivity contribution in [1.82, 2.24) is 14.8 Å². The van der Waals surface area contributed by atoms with Gasteiger partial charge in [-0.25, -0.2) is 4.68 Å². The monoisotopic (exact) mass is 647 g/mol. The van der Waals surface area contributed by atoms with Crippen LogP contribution in [0.25, 0.3) is 0 Å². The summed E-state index contributed by atoms with van der Waals surface area (Å²) in [5.41, 5.74) is 6.02. The Morgan fingerprint density at radius 2 is 1.90 bits per heavy atom. The summed E-state index contributed by atoms with van der Waals surface area (Å²) in [6, 6.07) is 19.1. The van der Waals surface area contributed by atoms with E-state index in [-0.39, 0.29) is 5.91 Å². The summed E-state index contributed by atoms with van der Waals surface area (Å²) in [6.45, 7) is 8.44. The Hall–Kier alpha value is -3.76. The number of thioether (sulfide) groups is 1. The van der Waals surface area contributed by atoms with Crippen LogP contribution in [-0.2, 0) is 11.4 Å². The Labute approximate surface area is 259 Å². The van der Waals surface area contributed by atoms with Crippen LogP contribution in [0, 0.1) is 13.8 Å². The number of carbonyl (C=O) groups excluding carboxylic acids is 1. The molecule has 0 radical (unpaired) electrons. The molecule has 2 heterocycles. The predicted octanol–water partition coefficient (Wildman–Crippen LogP) is 7.67. The highest BCUT2D eigenvalue weighted by molar-refractivity contribution is 9.10. The Morgan fingerprint density at radius 3 is 2.67 bits per heavy atom. The molecule has 10 heteroatoms. The highest BCUT2D eigenvalue weighted by atomic mass is 79.9. The normalized spacial score (nSPS) is 14.3. The van der Waals surface area contributed by atoms with Crippen LogP contribution in [0.15, 0.2) is 81.6 Å². The highest BCUT2D eigenvalue weighted by Gasteiger charge is 2.35. The molecule has 1 aliphatic rings. The standard InChI is InChI=1S/C32H34BrN5O3S/c1-6-15-42-32-36-31-34-21(4)28(30(39)35-25-12-7-9-19(2)20(25)3)29(38(31)37-32)23-13-14-26(27(17-23)40-5)41-18-22-10-8-11-24(33)16-22/h7-14,16-17,29H,6,15,18H2,1-5H3,(H,35,39)(H,34,36,37). The van der Waals surface area contributed by atoms with Crippen molar-refractivity contribution in [2.75, 3.05) is 23.5 Å². The minimum absolute atomic E-state index is 0.212. The molecule has 42 heavy (non-hydrogen) atoms. The van der Waals surface area contributed by atoms with Gasteiger partial charge in [-0.15, -0.1) is 5.10 Å². The third-order valence-electron chi connectivity index (χ3n) is 7.15. The van der Waals surface area contributed by atoms with Crippen molar-refractivity contribution in [1.29, 1.82) is 0 Å². The van der Waals surface area contributed by atoms with Gasteiger partial charge in [-0.1, -0.05) is 64.9 Å². The van der Waals surface area contributed by atoms with Gasteiger partial charge in [0.25, 0.3) is 5.91 Å². The number of nitrogens with one attached hydrogen (secondary N) is 2. The first-order chi connectivity index (χ1) is 20.3. The van der Waals surface area contributed by atoms with Crippen LogP contribution < -0.4 is 20.1 Å². The van der Waals surface area contributed by atoms with Crippen molar-refractivity contribution in [3.8, 4) is 11.5 Å². The average Bonchev–Trinajstić information content (AvgIpc) is 3.38. The number of allylic oxidation sites excluding steroid dienone is 1. The van der Waals surface area contributed by atoms with E-state index in [4.69, 9.17) is 19.6 Å². The van der Waals surface area contributed by atoms with Crippen molar-refractivity contribution in [3.63, 3.8) is 0 Å². The van der Waals surface area contributed by atoms with E-state index in [0.717, 1.165) is 44.6 Å². The number of hydrogen-bond donors (Lipinski definition) is 2. The number of ether oxygens (including phenoxy) is 2. The molecule has 2 N–H and O–H groups in total. The first kappa shape index (κ1) is 29.7. The van der Waals surface area contributed by atoms with Crippen LogP contribution in [0.4, 0.5) is 11.6 Å². The maximum Gasteiger partial charge on any atom is 0.255 e. The van der Waals surface area contributed by atoms with Gasteiger partial charge in [0.1, 0.15) is 12.6 Å². The van der Waals surface area contributed by atoms with Crippen LogP contribution in [0.3, 0.4) is 0 Å². The van der Waals surface area contributed by atoms with Crippen molar-refractivity contribution >= 4 is 45.2 Å². The lowest BCUT2D eigenvalue weighted by Gasteiger charge is -2.29. The molecule has 1 amide bonds. The summed E-state index contributed by atoms with van der Waals surface area (Å²) in [5.74, 6) is 2.45. The summed E-state index contributed by atoms with van der Waals surface area (Å²) in [5, 5.41) is 12.0. The largest absolute Gasteiger partial charge is 0.493 e. The van der Waals surface area contributed by atoms with Crippen LogP contribution in [0.5, 0.6) is 11.5 Å². The molecule has 4 aromatic rings. The molecule has 0 aliphatic carbocycles. The SMILES string of the molecule is CCCSc1nc2n(n1)C(c1ccc(OCc3cccc(Br)c3)c(OC)c1)C(C(=O)Nc1cccc(C)c1C)=C(C)N2. The van der Waals surface area contributed by atoms with Crippen molar-refractivity contribution in [2.45, 2.75) is 51.9 Å². The van der Waals surface area contributed by atoms with Gasteiger partial charge < -0.3 is 20.1 Å². The van der Waals surface area contributed by atoms with Gasteiger partial charge >= 0.3 is 0 Å². The molecule has 1 unspecified atom stereocenters. The van der Waals surface area contributed by atoms with Crippen LogP contribution in [0.2, 0.25) is 0 Å². The van der Waals surface area contributed by atoms with Gasteiger partial charge in [0.05, 0.1) is 12.7 Å². The number of fused-ring (bicyclic) bond motifs is 1. The van der Waals surface area contributed by atoms with Crippen molar-refractivity contribution in [2.24, 2.45) is 0 Å². The number of benzene rings is 3. The molecule has 0 bridgehead atoms. The number of carbonyl (C=O) groups is 1. The Kier molecular flexibility index (Phi) is 9.23. The molecule has 218 valence electrons. The zero-order valence-electron chi connectivity index (χ0n) is 24.3. The van der Waals surface area contributed by atoms with Gasteiger partial charge in [0.2, 0.25) is 11.1 Å². The Morgan fingerprint density at radius 1 is 1.10 bits per heavy atom. The van der Waals surface area contributed by atoms with Crippen LogP contribution in [-0.4, -0.2) is 33.5 Å². The molecular formula is C32H34BrN5O3S. The molecule has 0 fully saturated rings. The van der Waals surface area contributed by atoms with E-state index < -0.39 is 6.04 Å². The molecule has 8 nitrogen and oxygen atoms in total. The number of nitrogens with zero attached hydrogens (tertiary/aromatic N) is 3. The molecule has 1 aliphatic heterocycles. The third kappa shape index (κ3) is 6.34. The zero-order chi connectivity index (χ0) is 29.8. The molecular weight excluding hydrogens is 614 g/mol.